The Kier molecular flexibility index (Phi) is 6.22. The van der Waals surface area contributed by atoms with Crippen LogP contribution in [0.1, 0.15) is 29.5 Å². The Bertz CT molecular complexity index is 1260. The maximum Gasteiger partial charge on any atom is 0.416 e. The smallest absolute Gasteiger partial charge is 0.334 e. The molecule has 1 saturated carbocycles. The van der Waals surface area contributed by atoms with Gasteiger partial charge in [-0.1, -0.05) is 48.5 Å². The Hall–Kier alpha value is -3.62. The average Bonchev–Trinajstić information content (AvgIpc) is 3.62. The molecule has 1 aromatic heterocycles. The molecule has 2 aromatic carbocycles. The van der Waals surface area contributed by atoms with Crippen molar-refractivity contribution in [1.29, 1.82) is 0 Å². The van der Waals surface area contributed by atoms with E-state index in [1.54, 1.807) is 0 Å². The van der Waals surface area contributed by atoms with Gasteiger partial charge in [-0.3, -0.25) is 18.7 Å². The minimum atomic E-state index is -4.55. The summed E-state index contributed by atoms with van der Waals surface area (Å²) in [5, 5.41) is 0. The molecule has 0 saturated heterocycles. The lowest BCUT2D eigenvalue weighted by Gasteiger charge is -2.24. The molecule has 1 fully saturated rings. The van der Waals surface area contributed by atoms with Crippen LogP contribution < -0.4 is 11.2 Å². The van der Waals surface area contributed by atoms with Gasteiger partial charge >= 0.3 is 11.9 Å². The Morgan fingerprint density at radius 3 is 2.30 bits per heavy atom. The molecule has 4 rings (SSSR count). The number of alkyl halides is 3. The van der Waals surface area contributed by atoms with E-state index >= 15 is 0 Å². The highest BCUT2D eigenvalue weighted by Gasteiger charge is 2.37. The van der Waals surface area contributed by atoms with Crippen molar-refractivity contribution < 1.29 is 18.0 Å². The predicted molar refractivity (Wildman–Crippen MR) is 116 cm³/mol. The van der Waals surface area contributed by atoms with E-state index in [0.717, 1.165) is 16.2 Å². The molecule has 3 aromatic rings. The molecular formula is C24H22F3N3O3. The highest BCUT2D eigenvalue weighted by molar-refractivity contribution is 5.76. The van der Waals surface area contributed by atoms with E-state index < -0.39 is 35.4 Å². The van der Waals surface area contributed by atoms with E-state index in [4.69, 9.17) is 0 Å². The van der Waals surface area contributed by atoms with E-state index in [1.807, 2.05) is 30.3 Å². The largest absolute Gasteiger partial charge is 0.416 e. The van der Waals surface area contributed by atoms with Gasteiger partial charge in [-0.2, -0.15) is 13.2 Å². The predicted octanol–water partition coefficient (Wildman–Crippen LogP) is 3.27. The van der Waals surface area contributed by atoms with Crippen LogP contribution in [0.5, 0.6) is 0 Å². The second-order valence-corrected chi connectivity index (χ2v) is 8.04. The highest BCUT2D eigenvalue weighted by atomic mass is 19.4. The van der Waals surface area contributed by atoms with Crippen LogP contribution in [-0.4, -0.2) is 26.0 Å². The Morgan fingerprint density at radius 2 is 1.64 bits per heavy atom. The molecule has 0 bridgehead atoms. The quantitative estimate of drug-likeness (QED) is 0.547. The van der Waals surface area contributed by atoms with Gasteiger partial charge in [0.1, 0.15) is 6.54 Å². The molecule has 1 heterocycles. The zero-order chi connectivity index (χ0) is 23.6. The Morgan fingerprint density at radius 1 is 0.970 bits per heavy atom. The van der Waals surface area contributed by atoms with Crippen molar-refractivity contribution in [2.24, 2.45) is 0 Å². The van der Waals surface area contributed by atoms with Gasteiger partial charge < -0.3 is 4.90 Å². The second kappa shape index (κ2) is 9.09. The van der Waals surface area contributed by atoms with Gasteiger partial charge in [0.2, 0.25) is 5.91 Å². The molecule has 1 amide bonds. The fourth-order valence-corrected chi connectivity index (χ4v) is 3.75. The molecule has 1 aliphatic rings. The summed E-state index contributed by atoms with van der Waals surface area (Å²) < 4.78 is 42.4. The zero-order valence-electron chi connectivity index (χ0n) is 17.7. The molecule has 0 unspecified atom stereocenters. The van der Waals surface area contributed by atoms with Crippen LogP contribution in [0.25, 0.3) is 0 Å². The summed E-state index contributed by atoms with van der Waals surface area (Å²) in [6, 6.07) is 15.3. The van der Waals surface area contributed by atoms with Crippen LogP contribution >= 0.6 is 0 Å². The number of hydrogen-bond donors (Lipinski definition) is 0. The van der Waals surface area contributed by atoms with Crippen LogP contribution in [0.4, 0.5) is 13.2 Å². The van der Waals surface area contributed by atoms with Gasteiger partial charge in [-0.15, -0.1) is 0 Å². The molecule has 9 heteroatoms. The van der Waals surface area contributed by atoms with Gasteiger partial charge in [-0.25, -0.2) is 4.79 Å². The van der Waals surface area contributed by atoms with Crippen LogP contribution in [0.3, 0.4) is 0 Å². The van der Waals surface area contributed by atoms with E-state index in [-0.39, 0.29) is 24.7 Å². The molecule has 0 radical (unpaired) electrons. The van der Waals surface area contributed by atoms with Crippen molar-refractivity contribution in [3.05, 3.63) is 104 Å². The van der Waals surface area contributed by atoms with Crippen molar-refractivity contribution in [1.82, 2.24) is 14.0 Å². The van der Waals surface area contributed by atoms with Crippen molar-refractivity contribution in [3.63, 3.8) is 0 Å². The SMILES string of the molecule is O=C(Cn1c(=O)ccn(Cc2ccccc2)c1=O)N(Cc1ccccc1C(F)(F)F)C1CC1. The van der Waals surface area contributed by atoms with Gasteiger partial charge in [0.25, 0.3) is 5.56 Å². The summed E-state index contributed by atoms with van der Waals surface area (Å²) in [5.74, 6) is -0.564. The van der Waals surface area contributed by atoms with Crippen molar-refractivity contribution >= 4 is 5.91 Å². The van der Waals surface area contributed by atoms with Gasteiger partial charge in [0, 0.05) is 24.8 Å². The first kappa shape index (κ1) is 22.6. The topological polar surface area (TPSA) is 64.3 Å². The molecule has 172 valence electrons. The third-order valence-corrected chi connectivity index (χ3v) is 5.60. The van der Waals surface area contributed by atoms with Crippen LogP contribution in [0, 0.1) is 0 Å². The lowest BCUT2D eigenvalue weighted by Crippen LogP contribution is -2.44. The number of halogens is 3. The molecule has 0 atom stereocenters. The summed E-state index contributed by atoms with van der Waals surface area (Å²) in [6.07, 6.45) is -1.84. The lowest BCUT2D eigenvalue weighted by molar-refractivity contribution is -0.140. The maximum absolute atomic E-state index is 13.4. The summed E-state index contributed by atoms with van der Waals surface area (Å²) in [5.41, 5.74) is -1.26. The second-order valence-electron chi connectivity index (χ2n) is 8.04. The van der Waals surface area contributed by atoms with Gasteiger partial charge in [0.15, 0.2) is 0 Å². The summed E-state index contributed by atoms with van der Waals surface area (Å²) >= 11 is 0. The number of aromatic nitrogens is 2. The lowest BCUT2D eigenvalue weighted by atomic mass is 10.1. The fourth-order valence-electron chi connectivity index (χ4n) is 3.75. The number of carbonyl (C=O) groups excluding carboxylic acids is 1. The van der Waals surface area contributed by atoms with Gasteiger partial charge in [0.05, 0.1) is 12.1 Å². The highest BCUT2D eigenvalue weighted by Crippen LogP contribution is 2.34. The van der Waals surface area contributed by atoms with Gasteiger partial charge in [-0.05, 0) is 30.0 Å². The summed E-state index contributed by atoms with van der Waals surface area (Å²) in [4.78, 5) is 39.7. The Labute approximate surface area is 187 Å². The van der Waals surface area contributed by atoms with Crippen molar-refractivity contribution in [3.8, 4) is 0 Å². The number of carbonyl (C=O) groups is 1. The third-order valence-electron chi connectivity index (χ3n) is 5.60. The number of hydrogen-bond acceptors (Lipinski definition) is 3. The maximum atomic E-state index is 13.4. The first-order valence-electron chi connectivity index (χ1n) is 10.5. The molecule has 0 spiro atoms. The fraction of sp³-hybridized carbons (Fsp3) is 0.292. The van der Waals surface area contributed by atoms with Crippen molar-refractivity contribution in [2.75, 3.05) is 0 Å². The van der Waals surface area contributed by atoms with Crippen LogP contribution in [0.2, 0.25) is 0 Å². The monoisotopic (exact) mass is 457 g/mol. The number of amides is 1. The first-order valence-corrected chi connectivity index (χ1v) is 10.5. The molecular weight excluding hydrogens is 435 g/mol. The third kappa shape index (κ3) is 5.24. The Balaban J connectivity index is 1.59. The van der Waals surface area contributed by atoms with E-state index in [2.05, 4.69) is 0 Å². The van der Waals surface area contributed by atoms with E-state index in [9.17, 15) is 27.6 Å². The molecule has 1 aliphatic carbocycles. The normalized spacial score (nSPS) is 13.7. The zero-order valence-corrected chi connectivity index (χ0v) is 17.7. The number of nitrogens with zero attached hydrogens (tertiary/aromatic N) is 3. The van der Waals surface area contributed by atoms with Crippen LogP contribution in [-0.2, 0) is 30.6 Å². The van der Waals surface area contributed by atoms with E-state index in [1.165, 1.54) is 39.9 Å². The van der Waals surface area contributed by atoms with Crippen LogP contribution in [0.15, 0.2) is 76.4 Å². The number of rotatable bonds is 7. The van der Waals surface area contributed by atoms with Crippen molar-refractivity contribution in [2.45, 2.75) is 44.7 Å². The van der Waals surface area contributed by atoms with E-state index in [0.29, 0.717) is 12.8 Å². The average molecular weight is 457 g/mol. The summed E-state index contributed by atoms with van der Waals surface area (Å²) in [6.45, 7) is -0.545. The minimum absolute atomic E-state index is 0.0212. The summed E-state index contributed by atoms with van der Waals surface area (Å²) in [7, 11) is 0. The minimum Gasteiger partial charge on any atom is -0.334 e. The molecule has 0 aliphatic heterocycles. The molecule has 33 heavy (non-hydrogen) atoms. The first-order chi connectivity index (χ1) is 15.7. The standard InChI is InChI=1S/C24H22F3N3O3/c25-24(26,27)20-9-5-4-8-18(20)15-29(19-10-11-19)22(32)16-30-21(31)12-13-28(23(30)33)14-17-6-2-1-3-7-17/h1-9,12-13,19H,10-11,14-16H2. The number of benzene rings is 2. The molecule has 0 N–H and O–H groups in total. The molecule has 6 nitrogen and oxygen atoms in total.